The largest absolute Gasteiger partial charge is 0.493 e. The molecule has 2 aliphatic rings. The number of hydrogen-bond acceptors (Lipinski definition) is 3. The number of carboxylic acid groups (broad SMARTS) is 1. The van der Waals surface area contributed by atoms with E-state index in [0.717, 1.165) is 44.8 Å². The number of benzene rings is 1. The Balaban J connectivity index is 1.60. The molecule has 0 aliphatic carbocycles. The molecule has 0 saturated carbocycles. The zero-order valence-corrected chi connectivity index (χ0v) is 11.8. The van der Waals surface area contributed by atoms with E-state index >= 15 is 0 Å². The summed E-state index contributed by atoms with van der Waals surface area (Å²) in [5.41, 5.74) is 0.750. The summed E-state index contributed by atoms with van der Waals surface area (Å²) in [6.45, 7) is 5.29. The van der Waals surface area contributed by atoms with Gasteiger partial charge in [-0.2, -0.15) is 0 Å². The number of nitrogens with zero attached hydrogens (tertiary/aromatic N) is 1. The van der Waals surface area contributed by atoms with Gasteiger partial charge in [0.2, 0.25) is 0 Å². The van der Waals surface area contributed by atoms with Gasteiger partial charge in [0, 0.05) is 18.0 Å². The Morgan fingerprint density at radius 2 is 2.10 bits per heavy atom. The molecule has 1 aromatic rings. The minimum absolute atomic E-state index is 0.417. The summed E-state index contributed by atoms with van der Waals surface area (Å²) in [5.74, 6) is 0.761. The van der Waals surface area contributed by atoms with E-state index in [2.05, 4.69) is 17.0 Å². The van der Waals surface area contributed by atoms with Crippen molar-refractivity contribution in [3.63, 3.8) is 0 Å². The maximum atomic E-state index is 11.3. The average molecular weight is 275 g/mol. The van der Waals surface area contributed by atoms with Gasteiger partial charge in [0.25, 0.3) is 0 Å². The number of rotatable bonds is 3. The molecule has 4 nitrogen and oxygen atoms in total. The number of fused-ring (bicyclic) bond motifs is 1. The monoisotopic (exact) mass is 275 g/mol. The fraction of sp³-hybridized carbons (Fsp3) is 0.562. The zero-order valence-electron chi connectivity index (χ0n) is 11.8. The lowest BCUT2D eigenvalue weighted by molar-refractivity contribution is -0.150. The van der Waals surface area contributed by atoms with Crippen LogP contribution in [0.5, 0.6) is 5.75 Å². The third kappa shape index (κ3) is 2.40. The highest BCUT2D eigenvalue weighted by Crippen LogP contribution is 2.36. The van der Waals surface area contributed by atoms with Crippen molar-refractivity contribution in [2.45, 2.75) is 25.7 Å². The molecule has 1 fully saturated rings. The Labute approximate surface area is 119 Å². The summed E-state index contributed by atoms with van der Waals surface area (Å²) in [7, 11) is 0. The molecule has 4 heteroatoms. The number of aliphatic carboxylic acids is 1. The third-order valence-electron chi connectivity index (χ3n) is 4.75. The van der Waals surface area contributed by atoms with Gasteiger partial charge in [0.15, 0.2) is 0 Å². The van der Waals surface area contributed by atoms with Crippen LogP contribution >= 0.6 is 0 Å². The van der Waals surface area contributed by atoms with E-state index in [1.807, 2.05) is 19.1 Å². The van der Waals surface area contributed by atoms with Crippen LogP contribution in [0.15, 0.2) is 24.3 Å². The van der Waals surface area contributed by atoms with Crippen molar-refractivity contribution < 1.29 is 14.6 Å². The van der Waals surface area contributed by atoms with Crippen molar-refractivity contribution in [3.8, 4) is 5.75 Å². The number of piperidine rings is 1. The van der Waals surface area contributed by atoms with E-state index in [9.17, 15) is 9.90 Å². The van der Waals surface area contributed by atoms with E-state index in [-0.39, 0.29) is 0 Å². The summed E-state index contributed by atoms with van der Waals surface area (Å²) in [6, 6.07) is 8.21. The second kappa shape index (κ2) is 5.09. The minimum Gasteiger partial charge on any atom is -0.493 e. The molecule has 0 aromatic heterocycles. The van der Waals surface area contributed by atoms with E-state index in [1.165, 1.54) is 5.56 Å². The lowest BCUT2D eigenvalue weighted by atomic mass is 9.80. The van der Waals surface area contributed by atoms with Crippen LogP contribution in [0, 0.1) is 5.41 Å². The van der Waals surface area contributed by atoms with Crippen molar-refractivity contribution in [3.05, 3.63) is 29.8 Å². The molecule has 1 unspecified atom stereocenters. The summed E-state index contributed by atoms with van der Waals surface area (Å²) in [4.78, 5) is 13.6. The normalized spacial score (nSPS) is 24.9. The van der Waals surface area contributed by atoms with Gasteiger partial charge in [0.1, 0.15) is 5.75 Å². The van der Waals surface area contributed by atoms with Crippen LogP contribution in [-0.2, 0) is 4.79 Å². The van der Waals surface area contributed by atoms with Gasteiger partial charge in [-0.25, -0.2) is 0 Å². The van der Waals surface area contributed by atoms with Crippen LogP contribution in [0.3, 0.4) is 0 Å². The summed E-state index contributed by atoms with van der Waals surface area (Å²) < 4.78 is 5.71. The summed E-state index contributed by atoms with van der Waals surface area (Å²) in [6.07, 6.45) is 1.47. The molecule has 0 bridgehead atoms. The smallest absolute Gasteiger partial charge is 0.309 e. The molecule has 1 atom stereocenters. The van der Waals surface area contributed by atoms with Crippen LogP contribution in [0.4, 0.5) is 0 Å². The Morgan fingerprint density at radius 3 is 2.80 bits per heavy atom. The number of ether oxygens (including phenoxy) is 1. The number of likely N-dealkylation sites (tertiary alicyclic amines) is 1. The van der Waals surface area contributed by atoms with Gasteiger partial charge < -0.3 is 14.7 Å². The maximum absolute atomic E-state index is 11.3. The lowest BCUT2D eigenvalue weighted by Crippen LogP contribution is -2.44. The van der Waals surface area contributed by atoms with Crippen molar-refractivity contribution in [1.29, 1.82) is 0 Å². The van der Waals surface area contributed by atoms with Gasteiger partial charge in [-0.05, 0) is 38.9 Å². The highest BCUT2D eigenvalue weighted by molar-refractivity contribution is 5.74. The molecule has 1 N–H and O–H groups in total. The molecule has 3 rings (SSSR count). The highest BCUT2D eigenvalue weighted by atomic mass is 16.5. The van der Waals surface area contributed by atoms with Crippen LogP contribution < -0.4 is 4.74 Å². The third-order valence-corrected chi connectivity index (χ3v) is 4.75. The molecule has 108 valence electrons. The first kappa shape index (κ1) is 13.4. The topological polar surface area (TPSA) is 49.8 Å². The first-order valence-electron chi connectivity index (χ1n) is 7.26. The fourth-order valence-electron chi connectivity index (χ4n) is 3.14. The molecule has 0 amide bonds. The second-order valence-corrected chi connectivity index (χ2v) is 6.21. The standard InChI is InChI=1S/C16H21NO3/c1-16(15(18)19)6-8-17(9-7-16)10-12-11-20-14-5-3-2-4-13(12)14/h2-5,12H,6-11H2,1H3,(H,18,19). The van der Waals surface area contributed by atoms with Crippen molar-refractivity contribution in [2.24, 2.45) is 5.41 Å². The van der Waals surface area contributed by atoms with Gasteiger partial charge in [-0.1, -0.05) is 18.2 Å². The van der Waals surface area contributed by atoms with Crippen LogP contribution in [0.1, 0.15) is 31.2 Å². The van der Waals surface area contributed by atoms with E-state index in [4.69, 9.17) is 4.74 Å². The summed E-state index contributed by atoms with van der Waals surface area (Å²) >= 11 is 0. The molecule has 20 heavy (non-hydrogen) atoms. The van der Waals surface area contributed by atoms with Crippen molar-refractivity contribution in [2.75, 3.05) is 26.2 Å². The maximum Gasteiger partial charge on any atom is 0.309 e. The number of carbonyl (C=O) groups is 1. The van der Waals surface area contributed by atoms with Gasteiger partial charge in [0.05, 0.1) is 12.0 Å². The van der Waals surface area contributed by atoms with Crippen molar-refractivity contribution in [1.82, 2.24) is 4.90 Å². The predicted molar refractivity (Wildman–Crippen MR) is 76.1 cm³/mol. The minimum atomic E-state index is -0.660. The molecule has 1 saturated heterocycles. The highest BCUT2D eigenvalue weighted by Gasteiger charge is 2.37. The molecule has 1 aromatic carbocycles. The van der Waals surface area contributed by atoms with Gasteiger partial charge >= 0.3 is 5.97 Å². The number of para-hydroxylation sites is 1. The van der Waals surface area contributed by atoms with Gasteiger partial charge in [-0.3, -0.25) is 4.79 Å². The molecule has 2 heterocycles. The Bertz CT molecular complexity index is 506. The Kier molecular flexibility index (Phi) is 3.42. The van der Waals surface area contributed by atoms with Crippen LogP contribution in [0.25, 0.3) is 0 Å². The number of carboxylic acids is 1. The van der Waals surface area contributed by atoms with Crippen LogP contribution in [-0.4, -0.2) is 42.2 Å². The first-order valence-corrected chi connectivity index (χ1v) is 7.26. The number of hydrogen-bond donors (Lipinski definition) is 1. The molecule has 0 radical (unpaired) electrons. The average Bonchev–Trinajstić information content (AvgIpc) is 2.85. The molecular weight excluding hydrogens is 254 g/mol. The Morgan fingerprint density at radius 1 is 1.40 bits per heavy atom. The molecular formula is C16H21NO3. The molecule has 2 aliphatic heterocycles. The second-order valence-electron chi connectivity index (χ2n) is 6.21. The predicted octanol–water partition coefficient (Wildman–Crippen LogP) is 2.35. The Hall–Kier alpha value is -1.55. The van der Waals surface area contributed by atoms with E-state index < -0.39 is 11.4 Å². The quantitative estimate of drug-likeness (QED) is 0.920. The van der Waals surface area contributed by atoms with Crippen LogP contribution in [0.2, 0.25) is 0 Å². The fourth-order valence-corrected chi connectivity index (χ4v) is 3.14. The SMILES string of the molecule is CC1(C(=O)O)CCN(CC2COc3ccccc32)CC1. The first-order chi connectivity index (χ1) is 9.58. The van der Waals surface area contributed by atoms with E-state index in [0.29, 0.717) is 5.92 Å². The van der Waals surface area contributed by atoms with E-state index in [1.54, 1.807) is 0 Å². The summed E-state index contributed by atoms with van der Waals surface area (Å²) in [5, 5.41) is 9.26. The van der Waals surface area contributed by atoms with Gasteiger partial charge in [-0.15, -0.1) is 0 Å². The van der Waals surface area contributed by atoms with Crippen molar-refractivity contribution >= 4 is 5.97 Å². The molecule has 0 spiro atoms. The zero-order chi connectivity index (χ0) is 14.2. The lowest BCUT2D eigenvalue weighted by Gasteiger charge is -2.37.